The van der Waals surface area contributed by atoms with Gasteiger partial charge in [-0.2, -0.15) is 0 Å². The number of carboxylic acids is 1. The van der Waals surface area contributed by atoms with Crippen molar-refractivity contribution >= 4 is 35.2 Å². The second-order valence-electron chi connectivity index (χ2n) is 3.98. The zero-order chi connectivity index (χ0) is 14.6. The molecule has 0 aliphatic heterocycles. The van der Waals surface area contributed by atoms with Gasteiger partial charge in [-0.1, -0.05) is 30.3 Å². The van der Waals surface area contributed by atoms with E-state index in [1.54, 1.807) is 6.26 Å². The van der Waals surface area contributed by atoms with Gasteiger partial charge in [0.05, 0.1) is 17.1 Å². The zero-order valence-corrected chi connectivity index (χ0v) is 12.3. The molecule has 19 heavy (non-hydrogen) atoms. The maximum absolute atomic E-state index is 12.1. The summed E-state index contributed by atoms with van der Waals surface area (Å²) < 4.78 is 0. The van der Waals surface area contributed by atoms with Crippen LogP contribution in [-0.4, -0.2) is 51.7 Å². The highest BCUT2D eigenvalue weighted by atomic mass is 35.5. The van der Waals surface area contributed by atoms with Gasteiger partial charge >= 0.3 is 5.97 Å². The van der Waals surface area contributed by atoms with Gasteiger partial charge in [0.25, 0.3) is 5.91 Å². The molecule has 1 rings (SSSR count). The number of carbonyl (C=O) groups excluding carboxylic acids is 1. The van der Waals surface area contributed by atoms with Crippen LogP contribution in [0.2, 0.25) is 5.02 Å². The number of thioether (sulfide) groups is 1. The van der Waals surface area contributed by atoms with Crippen LogP contribution in [0.5, 0.6) is 0 Å². The number of carboxylic acid groups (broad SMARTS) is 1. The van der Waals surface area contributed by atoms with E-state index in [4.69, 9.17) is 16.7 Å². The summed E-state index contributed by atoms with van der Waals surface area (Å²) in [5, 5.41) is 9.42. The maximum Gasteiger partial charge on any atom is 0.308 e. The lowest BCUT2D eigenvalue weighted by molar-refractivity contribution is -0.141. The number of aliphatic carboxylic acids is 1. The predicted octanol–water partition coefficient (Wildman–Crippen LogP) is 1.64. The molecule has 1 aromatic heterocycles. The Morgan fingerprint density at radius 3 is 2.74 bits per heavy atom. The highest BCUT2D eigenvalue weighted by molar-refractivity contribution is 7.98. The first kappa shape index (κ1) is 15.7. The van der Waals surface area contributed by atoms with Crippen molar-refractivity contribution in [3.05, 3.63) is 16.9 Å². The van der Waals surface area contributed by atoms with Crippen LogP contribution >= 0.6 is 23.4 Å². The lowest BCUT2D eigenvalue weighted by atomic mass is 10.1. The van der Waals surface area contributed by atoms with Crippen LogP contribution in [0.3, 0.4) is 0 Å². The summed E-state index contributed by atoms with van der Waals surface area (Å²) >= 11 is 7.19. The molecule has 0 aliphatic carbocycles. The Hall–Kier alpha value is -1.34. The summed E-state index contributed by atoms with van der Waals surface area (Å²) in [4.78, 5) is 32.2. The second kappa shape index (κ2) is 6.72. The number of amides is 1. The van der Waals surface area contributed by atoms with Crippen LogP contribution in [0, 0.1) is 5.92 Å². The minimum absolute atomic E-state index is 0.0844. The molecule has 1 heterocycles. The van der Waals surface area contributed by atoms with Gasteiger partial charge in [-0.05, 0) is 6.26 Å². The lowest BCUT2D eigenvalue weighted by Gasteiger charge is -2.19. The van der Waals surface area contributed by atoms with E-state index >= 15 is 0 Å². The van der Waals surface area contributed by atoms with Crippen molar-refractivity contribution in [2.24, 2.45) is 5.92 Å². The van der Waals surface area contributed by atoms with Crippen molar-refractivity contribution in [1.29, 1.82) is 0 Å². The number of aromatic nitrogens is 2. The molecule has 104 valence electrons. The molecule has 0 fully saturated rings. The summed E-state index contributed by atoms with van der Waals surface area (Å²) in [7, 11) is 1.51. The van der Waals surface area contributed by atoms with Gasteiger partial charge in [-0.3, -0.25) is 9.59 Å². The SMILES string of the molecule is CSc1ncc(Cl)c(C(=O)N(C)CC(C)C(=O)O)n1. The first-order valence-electron chi connectivity index (χ1n) is 5.41. The molecule has 8 heteroatoms. The van der Waals surface area contributed by atoms with Crippen molar-refractivity contribution in [2.45, 2.75) is 12.1 Å². The van der Waals surface area contributed by atoms with Crippen molar-refractivity contribution in [1.82, 2.24) is 14.9 Å². The topological polar surface area (TPSA) is 83.4 Å². The monoisotopic (exact) mass is 303 g/mol. The van der Waals surface area contributed by atoms with E-state index in [1.807, 2.05) is 0 Å². The third kappa shape index (κ3) is 4.07. The smallest absolute Gasteiger partial charge is 0.308 e. The van der Waals surface area contributed by atoms with Gasteiger partial charge < -0.3 is 10.0 Å². The number of hydrogen-bond acceptors (Lipinski definition) is 5. The molecule has 0 bridgehead atoms. The van der Waals surface area contributed by atoms with E-state index in [9.17, 15) is 9.59 Å². The Kier molecular flexibility index (Phi) is 5.56. The van der Waals surface area contributed by atoms with E-state index in [2.05, 4.69) is 9.97 Å². The molecule has 0 spiro atoms. The second-order valence-corrected chi connectivity index (χ2v) is 5.16. The molecule has 0 radical (unpaired) electrons. The van der Waals surface area contributed by atoms with Crippen molar-refractivity contribution in [2.75, 3.05) is 19.8 Å². The lowest BCUT2D eigenvalue weighted by Crippen LogP contribution is -2.34. The Balaban J connectivity index is 2.90. The van der Waals surface area contributed by atoms with Crippen LogP contribution in [0.1, 0.15) is 17.4 Å². The minimum Gasteiger partial charge on any atom is -0.481 e. The van der Waals surface area contributed by atoms with Crippen LogP contribution in [-0.2, 0) is 4.79 Å². The summed E-state index contributed by atoms with van der Waals surface area (Å²) in [6.45, 7) is 1.62. The highest BCUT2D eigenvalue weighted by Gasteiger charge is 2.22. The Labute approximate surface area is 120 Å². The average molecular weight is 304 g/mol. The summed E-state index contributed by atoms with van der Waals surface area (Å²) in [5.41, 5.74) is 0.0844. The zero-order valence-electron chi connectivity index (χ0n) is 10.8. The van der Waals surface area contributed by atoms with E-state index in [0.717, 1.165) is 0 Å². The van der Waals surface area contributed by atoms with Gasteiger partial charge in [0, 0.05) is 13.6 Å². The molecule has 1 N–H and O–H groups in total. The molecular weight excluding hydrogens is 290 g/mol. The molecule has 0 aliphatic rings. The highest BCUT2D eigenvalue weighted by Crippen LogP contribution is 2.18. The number of carbonyl (C=O) groups is 2. The Bertz CT molecular complexity index is 498. The predicted molar refractivity (Wildman–Crippen MR) is 72.6 cm³/mol. The summed E-state index contributed by atoms with van der Waals surface area (Å²) in [6, 6.07) is 0. The van der Waals surface area contributed by atoms with Crippen LogP contribution in [0.15, 0.2) is 11.4 Å². The minimum atomic E-state index is -0.960. The Morgan fingerprint density at radius 2 is 2.21 bits per heavy atom. The Morgan fingerprint density at radius 1 is 1.58 bits per heavy atom. The molecule has 0 aromatic carbocycles. The third-order valence-electron chi connectivity index (χ3n) is 2.42. The van der Waals surface area contributed by atoms with Crippen LogP contribution in [0.4, 0.5) is 0 Å². The molecule has 0 saturated carbocycles. The normalized spacial score (nSPS) is 12.0. The van der Waals surface area contributed by atoms with Crippen molar-refractivity contribution in [3.8, 4) is 0 Å². The average Bonchev–Trinajstić information content (AvgIpc) is 2.38. The summed E-state index contributed by atoms with van der Waals surface area (Å²) in [5.74, 6) is -2.04. The van der Waals surface area contributed by atoms with E-state index in [0.29, 0.717) is 5.16 Å². The number of hydrogen-bond donors (Lipinski definition) is 1. The maximum atomic E-state index is 12.1. The molecule has 1 amide bonds. The van der Waals surface area contributed by atoms with Gasteiger partial charge in [-0.25, -0.2) is 9.97 Å². The fourth-order valence-corrected chi connectivity index (χ4v) is 1.86. The molecule has 0 saturated heterocycles. The number of halogens is 1. The van der Waals surface area contributed by atoms with Crippen LogP contribution in [0.25, 0.3) is 0 Å². The fraction of sp³-hybridized carbons (Fsp3) is 0.455. The molecule has 1 aromatic rings. The van der Waals surface area contributed by atoms with Crippen molar-refractivity contribution < 1.29 is 14.7 Å². The van der Waals surface area contributed by atoms with E-state index in [1.165, 1.54) is 36.8 Å². The quantitative estimate of drug-likeness (QED) is 0.658. The van der Waals surface area contributed by atoms with Gasteiger partial charge in [0.15, 0.2) is 10.9 Å². The third-order valence-corrected chi connectivity index (χ3v) is 3.26. The van der Waals surface area contributed by atoms with E-state index < -0.39 is 17.8 Å². The van der Waals surface area contributed by atoms with Crippen molar-refractivity contribution in [3.63, 3.8) is 0 Å². The molecule has 6 nitrogen and oxygen atoms in total. The molecule has 1 unspecified atom stereocenters. The van der Waals surface area contributed by atoms with Crippen LogP contribution < -0.4 is 0 Å². The fourth-order valence-electron chi connectivity index (χ4n) is 1.35. The van der Waals surface area contributed by atoms with Gasteiger partial charge in [0.2, 0.25) is 0 Å². The summed E-state index contributed by atoms with van der Waals surface area (Å²) in [6.07, 6.45) is 3.15. The van der Waals surface area contributed by atoms with Gasteiger partial charge in [-0.15, -0.1) is 0 Å². The first-order chi connectivity index (χ1) is 8.86. The number of rotatable bonds is 5. The van der Waals surface area contributed by atoms with Gasteiger partial charge in [0.1, 0.15) is 0 Å². The largest absolute Gasteiger partial charge is 0.481 e. The van der Waals surface area contributed by atoms with E-state index in [-0.39, 0.29) is 17.3 Å². The standard InChI is InChI=1S/C11H14ClN3O3S/c1-6(10(17)18)5-15(2)9(16)8-7(12)4-13-11(14-8)19-3/h4,6H,5H2,1-3H3,(H,17,18). The number of nitrogens with zero attached hydrogens (tertiary/aromatic N) is 3. The molecular formula is C11H14ClN3O3S. The molecule has 1 atom stereocenters. The first-order valence-corrected chi connectivity index (χ1v) is 7.01.